The number of nitrogens with zero attached hydrogens (tertiary/aromatic N) is 2. The van der Waals surface area contributed by atoms with Crippen LogP contribution in [0.15, 0.2) is 42.5 Å². The first kappa shape index (κ1) is 14.1. The molecule has 0 unspecified atom stereocenters. The lowest BCUT2D eigenvalue weighted by atomic mass is 10.2. The topological polar surface area (TPSA) is 55.6 Å². The number of methoxy groups -OCH3 is 1. The van der Waals surface area contributed by atoms with E-state index >= 15 is 0 Å². The van der Waals surface area contributed by atoms with E-state index in [2.05, 4.69) is 0 Å². The molecular weight excluding hydrogens is 280 g/mol. The molecular formula is C14H13ClN2O3. The van der Waals surface area contributed by atoms with E-state index in [0.29, 0.717) is 10.7 Å². The van der Waals surface area contributed by atoms with Crippen molar-refractivity contribution in [2.24, 2.45) is 0 Å². The lowest BCUT2D eigenvalue weighted by Gasteiger charge is -2.19. The summed E-state index contributed by atoms with van der Waals surface area (Å²) < 4.78 is 5.09. The fourth-order valence-corrected chi connectivity index (χ4v) is 2.03. The number of hydrogen-bond donors (Lipinski definition) is 0. The highest BCUT2D eigenvalue weighted by molar-refractivity contribution is 6.31. The third-order valence-electron chi connectivity index (χ3n) is 2.96. The van der Waals surface area contributed by atoms with Gasteiger partial charge in [-0.3, -0.25) is 10.1 Å². The summed E-state index contributed by atoms with van der Waals surface area (Å²) in [5.41, 5.74) is 1.25. The normalized spacial score (nSPS) is 10.2. The second-order valence-corrected chi connectivity index (χ2v) is 4.58. The Morgan fingerprint density at radius 1 is 1.20 bits per heavy atom. The molecule has 0 spiro atoms. The van der Waals surface area contributed by atoms with Gasteiger partial charge in [0, 0.05) is 23.8 Å². The van der Waals surface area contributed by atoms with Gasteiger partial charge in [0.2, 0.25) is 0 Å². The van der Waals surface area contributed by atoms with Crippen LogP contribution in [0.4, 0.5) is 17.1 Å². The number of nitro groups is 1. The third-order valence-corrected chi connectivity index (χ3v) is 3.19. The molecule has 2 rings (SSSR count). The van der Waals surface area contributed by atoms with Crippen molar-refractivity contribution in [1.29, 1.82) is 0 Å². The lowest BCUT2D eigenvalue weighted by molar-refractivity contribution is -0.384. The standard InChI is InChI=1S/C14H13ClN2O3/c1-16(11-4-6-12(20-2)7-5-11)14-9-10(15)3-8-13(14)17(18)19/h3-9H,1-2H3. The number of ether oxygens (including phenoxy) is 1. The highest BCUT2D eigenvalue weighted by Gasteiger charge is 2.18. The summed E-state index contributed by atoms with van der Waals surface area (Å²) in [6.45, 7) is 0. The number of benzene rings is 2. The van der Waals surface area contributed by atoms with Gasteiger partial charge in [-0.2, -0.15) is 0 Å². The van der Waals surface area contributed by atoms with Gasteiger partial charge < -0.3 is 9.64 Å². The van der Waals surface area contributed by atoms with Crippen molar-refractivity contribution in [2.45, 2.75) is 0 Å². The van der Waals surface area contributed by atoms with Crippen molar-refractivity contribution in [3.05, 3.63) is 57.6 Å². The van der Waals surface area contributed by atoms with E-state index in [4.69, 9.17) is 16.3 Å². The van der Waals surface area contributed by atoms with Crippen LogP contribution in [0, 0.1) is 10.1 Å². The number of nitro benzene ring substituents is 1. The van der Waals surface area contributed by atoms with Crippen LogP contribution in [0.1, 0.15) is 0 Å². The van der Waals surface area contributed by atoms with Crippen LogP contribution in [-0.4, -0.2) is 19.1 Å². The van der Waals surface area contributed by atoms with Crippen LogP contribution >= 0.6 is 11.6 Å². The average molecular weight is 293 g/mol. The van der Waals surface area contributed by atoms with Gasteiger partial charge in [0.25, 0.3) is 5.69 Å². The molecule has 0 heterocycles. The summed E-state index contributed by atoms with van der Waals surface area (Å²) in [7, 11) is 3.33. The number of rotatable bonds is 4. The third kappa shape index (κ3) is 2.83. The molecule has 2 aromatic rings. The molecule has 0 bridgehead atoms. The maximum Gasteiger partial charge on any atom is 0.292 e. The largest absolute Gasteiger partial charge is 0.497 e. The molecule has 0 atom stereocenters. The van der Waals surface area contributed by atoms with Crippen LogP contribution in [0.3, 0.4) is 0 Å². The van der Waals surface area contributed by atoms with Crippen molar-refractivity contribution < 1.29 is 9.66 Å². The van der Waals surface area contributed by atoms with Crippen molar-refractivity contribution >= 4 is 28.7 Å². The highest BCUT2D eigenvalue weighted by atomic mass is 35.5. The molecule has 104 valence electrons. The molecule has 0 saturated carbocycles. The van der Waals surface area contributed by atoms with Gasteiger partial charge in [-0.15, -0.1) is 0 Å². The summed E-state index contributed by atoms with van der Waals surface area (Å²) in [6.07, 6.45) is 0. The minimum absolute atomic E-state index is 0.00715. The summed E-state index contributed by atoms with van der Waals surface area (Å²) in [5, 5.41) is 11.5. The SMILES string of the molecule is COc1ccc(N(C)c2cc(Cl)ccc2[N+](=O)[O-])cc1. The van der Waals surface area contributed by atoms with Crippen LogP contribution in [-0.2, 0) is 0 Å². The minimum atomic E-state index is -0.425. The fraction of sp³-hybridized carbons (Fsp3) is 0.143. The maximum atomic E-state index is 11.1. The second kappa shape index (κ2) is 5.79. The number of halogens is 1. The summed E-state index contributed by atoms with van der Waals surface area (Å²) in [4.78, 5) is 12.4. The molecule has 0 aliphatic rings. The van der Waals surface area contributed by atoms with Crippen LogP contribution < -0.4 is 9.64 Å². The van der Waals surface area contributed by atoms with Crippen molar-refractivity contribution in [2.75, 3.05) is 19.1 Å². The molecule has 0 N–H and O–H groups in total. The first-order chi connectivity index (χ1) is 9.52. The summed E-state index contributed by atoms with van der Waals surface area (Å²) in [5.74, 6) is 0.725. The van der Waals surface area contributed by atoms with Crippen molar-refractivity contribution in [3.8, 4) is 5.75 Å². The first-order valence-electron chi connectivity index (χ1n) is 5.84. The van der Waals surface area contributed by atoms with Crippen molar-refractivity contribution in [3.63, 3.8) is 0 Å². The van der Waals surface area contributed by atoms with E-state index in [-0.39, 0.29) is 5.69 Å². The predicted octanol–water partition coefficient (Wildman–Crippen LogP) is 4.02. The zero-order chi connectivity index (χ0) is 14.7. The Kier molecular flexibility index (Phi) is 4.10. The molecule has 2 aromatic carbocycles. The quantitative estimate of drug-likeness (QED) is 0.631. The molecule has 20 heavy (non-hydrogen) atoms. The van der Waals surface area contributed by atoms with Crippen LogP contribution in [0.2, 0.25) is 5.02 Å². The molecule has 0 aromatic heterocycles. The minimum Gasteiger partial charge on any atom is -0.497 e. The molecule has 0 aliphatic carbocycles. The number of anilines is 2. The van der Waals surface area contributed by atoms with E-state index in [9.17, 15) is 10.1 Å². The fourth-order valence-electron chi connectivity index (χ4n) is 1.86. The van der Waals surface area contributed by atoms with Gasteiger partial charge in [-0.05, 0) is 36.4 Å². The van der Waals surface area contributed by atoms with E-state index < -0.39 is 4.92 Å². The van der Waals surface area contributed by atoms with E-state index in [1.165, 1.54) is 12.1 Å². The Balaban J connectivity index is 2.43. The zero-order valence-corrected chi connectivity index (χ0v) is 11.8. The van der Waals surface area contributed by atoms with E-state index in [0.717, 1.165) is 11.4 Å². The Labute approximate surface area is 121 Å². The van der Waals surface area contributed by atoms with Gasteiger partial charge in [-0.1, -0.05) is 11.6 Å². The Hall–Kier alpha value is -2.27. The summed E-state index contributed by atoms with van der Waals surface area (Å²) in [6, 6.07) is 11.7. The van der Waals surface area contributed by atoms with E-state index in [1.54, 1.807) is 37.3 Å². The zero-order valence-electron chi connectivity index (χ0n) is 11.0. The average Bonchev–Trinajstić information content (AvgIpc) is 2.46. The Morgan fingerprint density at radius 2 is 1.85 bits per heavy atom. The monoisotopic (exact) mass is 292 g/mol. The van der Waals surface area contributed by atoms with Gasteiger partial charge >= 0.3 is 0 Å². The van der Waals surface area contributed by atoms with Gasteiger partial charge in [0.05, 0.1) is 12.0 Å². The van der Waals surface area contributed by atoms with Gasteiger partial charge in [0.1, 0.15) is 11.4 Å². The maximum absolute atomic E-state index is 11.1. The van der Waals surface area contributed by atoms with Gasteiger partial charge in [0.15, 0.2) is 0 Å². The predicted molar refractivity (Wildman–Crippen MR) is 79.2 cm³/mol. The van der Waals surface area contributed by atoms with Crippen LogP contribution in [0.25, 0.3) is 0 Å². The lowest BCUT2D eigenvalue weighted by Crippen LogP contribution is -2.11. The van der Waals surface area contributed by atoms with Gasteiger partial charge in [-0.25, -0.2) is 0 Å². The van der Waals surface area contributed by atoms with Crippen molar-refractivity contribution in [1.82, 2.24) is 0 Å². The summed E-state index contributed by atoms with van der Waals surface area (Å²) >= 11 is 5.93. The Morgan fingerprint density at radius 3 is 2.40 bits per heavy atom. The molecule has 0 amide bonds. The second-order valence-electron chi connectivity index (χ2n) is 4.15. The van der Waals surface area contributed by atoms with Crippen LogP contribution in [0.5, 0.6) is 5.75 Å². The smallest absolute Gasteiger partial charge is 0.292 e. The molecule has 6 heteroatoms. The molecule has 0 radical (unpaired) electrons. The highest BCUT2D eigenvalue weighted by Crippen LogP contribution is 2.35. The van der Waals surface area contributed by atoms with E-state index in [1.807, 2.05) is 12.1 Å². The molecule has 0 fully saturated rings. The Bertz CT molecular complexity index is 629. The number of hydrogen-bond acceptors (Lipinski definition) is 4. The first-order valence-corrected chi connectivity index (χ1v) is 6.22. The molecule has 5 nitrogen and oxygen atoms in total. The molecule has 0 saturated heterocycles. The molecule has 0 aliphatic heterocycles.